The van der Waals surface area contributed by atoms with Crippen LogP contribution < -0.4 is 10.6 Å². The molecule has 0 saturated heterocycles. The highest BCUT2D eigenvalue weighted by molar-refractivity contribution is 7.11. The molecule has 2 aromatic heterocycles. The summed E-state index contributed by atoms with van der Waals surface area (Å²) in [4.78, 5) is 11.0. The van der Waals surface area contributed by atoms with E-state index in [1.165, 1.54) is 20.9 Å². The Labute approximate surface area is 152 Å². The third-order valence-electron chi connectivity index (χ3n) is 3.83. The Morgan fingerprint density at radius 1 is 1.16 bits per heavy atom. The Bertz CT molecular complexity index is 820. The van der Waals surface area contributed by atoms with Gasteiger partial charge in [-0.1, -0.05) is 24.3 Å². The smallest absolute Gasteiger partial charge is 0.191 e. The van der Waals surface area contributed by atoms with Gasteiger partial charge < -0.3 is 15.2 Å². The van der Waals surface area contributed by atoms with Crippen LogP contribution in [0.25, 0.3) is 0 Å². The molecule has 0 amide bonds. The van der Waals surface area contributed by atoms with Gasteiger partial charge in [0.2, 0.25) is 0 Å². The number of hydrogen-bond donors (Lipinski definition) is 2. The lowest BCUT2D eigenvalue weighted by molar-refractivity contribution is 0.788. The van der Waals surface area contributed by atoms with Crippen molar-refractivity contribution < 1.29 is 0 Å². The molecule has 0 unspecified atom stereocenters. The molecule has 6 heteroatoms. The number of guanidine groups is 1. The molecule has 0 aliphatic rings. The molecule has 0 aliphatic heterocycles. The van der Waals surface area contributed by atoms with Gasteiger partial charge in [-0.05, 0) is 30.2 Å². The van der Waals surface area contributed by atoms with Crippen LogP contribution in [0.4, 0.5) is 0 Å². The van der Waals surface area contributed by atoms with Crippen LogP contribution in [0.5, 0.6) is 0 Å². The van der Waals surface area contributed by atoms with Crippen LogP contribution in [0.15, 0.2) is 60.1 Å². The maximum atomic E-state index is 4.29. The molecule has 1 aromatic carbocycles. The summed E-state index contributed by atoms with van der Waals surface area (Å²) in [6, 6.07) is 12.9. The molecular formula is C19H23N5S. The molecule has 3 rings (SSSR count). The van der Waals surface area contributed by atoms with Gasteiger partial charge in [0.1, 0.15) is 0 Å². The molecule has 130 valence electrons. The molecule has 0 saturated carbocycles. The molecule has 0 radical (unpaired) electrons. The van der Waals surface area contributed by atoms with E-state index in [-0.39, 0.29) is 0 Å². The molecule has 2 N–H and O–H groups in total. The highest BCUT2D eigenvalue weighted by atomic mass is 32.1. The first kappa shape index (κ1) is 17.2. The van der Waals surface area contributed by atoms with E-state index in [0.29, 0.717) is 0 Å². The number of imidazole rings is 1. The lowest BCUT2D eigenvalue weighted by Gasteiger charge is -2.12. The zero-order chi connectivity index (χ0) is 17.5. The second-order valence-electron chi connectivity index (χ2n) is 5.85. The van der Waals surface area contributed by atoms with Gasteiger partial charge in [0, 0.05) is 42.3 Å². The number of aliphatic imine (C=N–C) groups is 1. The van der Waals surface area contributed by atoms with Gasteiger partial charge >= 0.3 is 0 Å². The first-order chi connectivity index (χ1) is 12.2. The molecule has 0 aliphatic carbocycles. The van der Waals surface area contributed by atoms with Crippen molar-refractivity contribution in [3.8, 4) is 0 Å². The molecule has 3 aromatic rings. The number of aryl methyl sites for hydroxylation is 1. The molecule has 2 heterocycles. The van der Waals surface area contributed by atoms with Crippen molar-refractivity contribution >= 4 is 17.3 Å². The third kappa shape index (κ3) is 5.19. The molecule has 25 heavy (non-hydrogen) atoms. The number of thiophene rings is 1. The summed E-state index contributed by atoms with van der Waals surface area (Å²) >= 11 is 1.81. The second-order valence-corrected chi connectivity index (χ2v) is 7.22. The van der Waals surface area contributed by atoms with E-state index < -0.39 is 0 Å². The maximum Gasteiger partial charge on any atom is 0.191 e. The van der Waals surface area contributed by atoms with Crippen LogP contribution in [0, 0.1) is 6.92 Å². The number of benzene rings is 1. The zero-order valence-corrected chi connectivity index (χ0v) is 15.4. The van der Waals surface area contributed by atoms with E-state index in [9.17, 15) is 0 Å². The van der Waals surface area contributed by atoms with Crippen LogP contribution in [-0.4, -0.2) is 22.6 Å². The number of nitrogens with one attached hydrogen (secondary N) is 2. The van der Waals surface area contributed by atoms with Crippen molar-refractivity contribution in [3.63, 3.8) is 0 Å². The standard InChI is InChI=1S/C19H23N5S/c1-15-6-7-18(25-15)12-23-19(20-2)22-11-16-4-3-5-17(10-16)13-24-9-8-21-14-24/h3-10,14H,11-13H2,1-2H3,(H2,20,22,23). The van der Waals surface area contributed by atoms with Crippen LogP contribution in [0.3, 0.4) is 0 Å². The van der Waals surface area contributed by atoms with Crippen LogP contribution in [0.1, 0.15) is 20.9 Å². The van der Waals surface area contributed by atoms with E-state index in [1.807, 2.05) is 12.5 Å². The predicted octanol–water partition coefficient (Wildman–Crippen LogP) is 3.17. The molecule has 0 atom stereocenters. The Balaban J connectivity index is 1.52. The topological polar surface area (TPSA) is 54.2 Å². The second kappa shape index (κ2) is 8.48. The molecular weight excluding hydrogens is 330 g/mol. The summed E-state index contributed by atoms with van der Waals surface area (Å²) in [7, 11) is 1.80. The van der Waals surface area contributed by atoms with Crippen molar-refractivity contribution in [2.75, 3.05) is 7.05 Å². The number of rotatable bonds is 6. The summed E-state index contributed by atoms with van der Waals surface area (Å²) < 4.78 is 2.07. The SMILES string of the molecule is CN=C(NCc1cccc(Cn2ccnc2)c1)NCc1ccc(C)s1. The number of aromatic nitrogens is 2. The summed E-state index contributed by atoms with van der Waals surface area (Å²) in [5, 5.41) is 6.73. The first-order valence-electron chi connectivity index (χ1n) is 8.26. The lowest BCUT2D eigenvalue weighted by Crippen LogP contribution is -2.36. The average molecular weight is 353 g/mol. The fourth-order valence-corrected chi connectivity index (χ4v) is 3.42. The van der Waals surface area contributed by atoms with E-state index in [2.05, 4.69) is 68.5 Å². The quantitative estimate of drug-likeness (QED) is 0.529. The van der Waals surface area contributed by atoms with Gasteiger partial charge in [-0.25, -0.2) is 4.98 Å². The minimum absolute atomic E-state index is 0.737. The van der Waals surface area contributed by atoms with Gasteiger partial charge in [0.15, 0.2) is 5.96 Å². The van der Waals surface area contributed by atoms with Gasteiger partial charge in [-0.3, -0.25) is 4.99 Å². The Morgan fingerprint density at radius 2 is 2.00 bits per heavy atom. The van der Waals surface area contributed by atoms with E-state index in [4.69, 9.17) is 0 Å². The number of hydrogen-bond acceptors (Lipinski definition) is 3. The van der Waals surface area contributed by atoms with Crippen molar-refractivity contribution in [2.24, 2.45) is 4.99 Å². The minimum atomic E-state index is 0.737. The largest absolute Gasteiger partial charge is 0.352 e. The van der Waals surface area contributed by atoms with Crippen molar-refractivity contribution in [2.45, 2.75) is 26.6 Å². The van der Waals surface area contributed by atoms with Gasteiger partial charge in [-0.15, -0.1) is 11.3 Å². The number of nitrogens with zero attached hydrogens (tertiary/aromatic N) is 3. The van der Waals surface area contributed by atoms with E-state index in [0.717, 1.165) is 25.6 Å². The molecule has 0 bridgehead atoms. The first-order valence-corrected chi connectivity index (χ1v) is 9.08. The monoisotopic (exact) mass is 353 g/mol. The maximum absolute atomic E-state index is 4.29. The van der Waals surface area contributed by atoms with E-state index >= 15 is 0 Å². The average Bonchev–Trinajstić information content (AvgIpc) is 3.27. The summed E-state index contributed by atoms with van der Waals surface area (Å²) in [5.41, 5.74) is 2.49. The van der Waals surface area contributed by atoms with Crippen molar-refractivity contribution in [1.82, 2.24) is 20.2 Å². The molecule has 5 nitrogen and oxygen atoms in total. The Morgan fingerprint density at radius 3 is 2.72 bits per heavy atom. The van der Waals surface area contributed by atoms with Crippen molar-refractivity contribution in [3.05, 3.63) is 76.0 Å². The van der Waals surface area contributed by atoms with E-state index in [1.54, 1.807) is 24.6 Å². The fraction of sp³-hybridized carbons (Fsp3) is 0.263. The molecule has 0 spiro atoms. The lowest BCUT2D eigenvalue weighted by atomic mass is 10.1. The summed E-state index contributed by atoms with van der Waals surface area (Å²) in [6.45, 7) is 4.48. The van der Waals surface area contributed by atoms with Gasteiger partial charge in [0.25, 0.3) is 0 Å². The zero-order valence-electron chi connectivity index (χ0n) is 14.6. The normalized spacial score (nSPS) is 11.5. The summed E-state index contributed by atoms with van der Waals surface area (Å²) in [5.74, 6) is 0.811. The predicted molar refractivity (Wildman–Crippen MR) is 104 cm³/mol. The van der Waals surface area contributed by atoms with Crippen molar-refractivity contribution in [1.29, 1.82) is 0 Å². The fourth-order valence-electron chi connectivity index (χ4n) is 2.59. The van der Waals surface area contributed by atoms with Crippen LogP contribution >= 0.6 is 11.3 Å². The Kier molecular flexibility index (Phi) is 5.85. The molecule has 0 fully saturated rings. The summed E-state index contributed by atoms with van der Waals surface area (Å²) in [6.07, 6.45) is 5.61. The highest BCUT2D eigenvalue weighted by Gasteiger charge is 2.02. The highest BCUT2D eigenvalue weighted by Crippen LogP contribution is 2.14. The minimum Gasteiger partial charge on any atom is -0.352 e. The Hall–Kier alpha value is -2.60. The van der Waals surface area contributed by atoms with Crippen LogP contribution in [-0.2, 0) is 19.6 Å². The van der Waals surface area contributed by atoms with Gasteiger partial charge in [0.05, 0.1) is 12.9 Å². The third-order valence-corrected chi connectivity index (χ3v) is 4.83. The van der Waals surface area contributed by atoms with Gasteiger partial charge in [-0.2, -0.15) is 0 Å². The van der Waals surface area contributed by atoms with Crippen LogP contribution in [0.2, 0.25) is 0 Å².